The minimum atomic E-state index is -4.27. The third-order valence-electron chi connectivity index (χ3n) is 6.73. The summed E-state index contributed by atoms with van der Waals surface area (Å²) in [6, 6.07) is 7.11. The van der Waals surface area contributed by atoms with Crippen LogP contribution in [0.4, 0.5) is 13.2 Å². The molecule has 2 heterocycles. The van der Waals surface area contributed by atoms with Crippen LogP contribution >= 0.6 is 0 Å². The topological polar surface area (TPSA) is 6.48 Å². The molecule has 2 saturated heterocycles. The number of rotatable bonds is 3. The van der Waals surface area contributed by atoms with E-state index in [0.29, 0.717) is 30.1 Å². The Balaban J connectivity index is 1.60. The first-order valence-corrected chi connectivity index (χ1v) is 10.2. The van der Waals surface area contributed by atoms with Crippen molar-refractivity contribution >= 4 is 0 Å². The van der Waals surface area contributed by atoms with Crippen molar-refractivity contribution in [3.8, 4) is 0 Å². The van der Waals surface area contributed by atoms with Crippen LogP contribution in [-0.2, 0) is 12.7 Å². The van der Waals surface area contributed by atoms with Gasteiger partial charge in [-0.25, -0.2) is 0 Å². The molecule has 2 aliphatic heterocycles. The quantitative estimate of drug-likeness (QED) is 0.748. The summed E-state index contributed by atoms with van der Waals surface area (Å²) in [6.07, 6.45) is 4.53. The largest absolute Gasteiger partial charge is 0.416 e. The highest BCUT2D eigenvalue weighted by molar-refractivity contribution is 5.29. The molecule has 144 valence electrons. The monoisotopic (exact) mass is 366 g/mol. The Morgan fingerprint density at radius 2 is 1.65 bits per heavy atom. The fourth-order valence-corrected chi connectivity index (χ4v) is 5.59. The first kappa shape index (κ1) is 18.3. The lowest BCUT2D eigenvalue weighted by Crippen LogP contribution is -2.59. The summed E-state index contributed by atoms with van der Waals surface area (Å²) in [4.78, 5) is 5.00. The van der Waals surface area contributed by atoms with Gasteiger partial charge in [-0.05, 0) is 49.8 Å². The third-order valence-corrected chi connectivity index (χ3v) is 6.73. The van der Waals surface area contributed by atoms with Crippen LogP contribution in [0.1, 0.15) is 56.1 Å². The minimum absolute atomic E-state index is 0.424. The van der Waals surface area contributed by atoms with Crippen molar-refractivity contribution in [1.29, 1.82) is 0 Å². The zero-order valence-corrected chi connectivity index (χ0v) is 15.3. The van der Waals surface area contributed by atoms with Gasteiger partial charge in [0.25, 0.3) is 0 Å². The van der Waals surface area contributed by atoms with E-state index < -0.39 is 11.7 Å². The Morgan fingerprint density at radius 3 is 2.42 bits per heavy atom. The molecule has 26 heavy (non-hydrogen) atoms. The molecule has 5 heteroatoms. The lowest BCUT2D eigenvalue weighted by molar-refractivity contribution is -0.138. The maximum Gasteiger partial charge on any atom is 0.416 e. The van der Waals surface area contributed by atoms with Gasteiger partial charge >= 0.3 is 6.18 Å². The van der Waals surface area contributed by atoms with Crippen molar-refractivity contribution in [3.63, 3.8) is 0 Å². The first-order chi connectivity index (χ1) is 12.5. The van der Waals surface area contributed by atoms with Crippen molar-refractivity contribution in [2.45, 2.75) is 69.8 Å². The fourth-order valence-electron chi connectivity index (χ4n) is 5.59. The van der Waals surface area contributed by atoms with Gasteiger partial charge in [0.15, 0.2) is 0 Å². The van der Waals surface area contributed by atoms with E-state index in [4.69, 9.17) is 0 Å². The first-order valence-electron chi connectivity index (χ1n) is 10.2. The lowest BCUT2D eigenvalue weighted by Gasteiger charge is -2.49. The van der Waals surface area contributed by atoms with E-state index in [1.54, 1.807) is 12.1 Å². The molecule has 1 aliphatic carbocycles. The standard InChI is InChI=1S/C21H29F3N2/c22-21(23,24)18-10-5-4-9-17(18)15-26-14-13-25-12-6-11-19(25)20(26)16-7-2-1-3-8-16/h4-5,9-10,16,19-20H,1-3,6-8,11-15H2. The number of hydrogen-bond acceptors (Lipinski definition) is 2. The van der Waals surface area contributed by atoms with Gasteiger partial charge < -0.3 is 0 Å². The molecule has 4 rings (SSSR count). The normalized spacial score (nSPS) is 29.0. The third kappa shape index (κ3) is 3.65. The molecule has 0 N–H and O–H groups in total. The van der Waals surface area contributed by atoms with E-state index in [1.807, 2.05) is 0 Å². The van der Waals surface area contributed by atoms with Crippen molar-refractivity contribution in [3.05, 3.63) is 35.4 Å². The molecule has 0 aromatic heterocycles. The van der Waals surface area contributed by atoms with E-state index in [0.717, 1.165) is 13.1 Å². The predicted octanol–water partition coefficient (Wildman–Crippen LogP) is 4.93. The molecule has 2 unspecified atom stereocenters. The van der Waals surface area contributed by atoms with Gasteiger partial charge in [-0.3, -0.25) is 9.80 Å². The molecule has 3 aliphatic rings. The van der Waals surface area contributed by atoms with Crippen LogP contribution in [0.5, 0.6) is 0 Å². The number of hydrogen-bond donors (Lipinski definition) is 0. The highest BCUT2D eigenvalue weighted by Gasteiger charge is 2.43. The van der Waals surface area contributed by atoms with Crippen LogP contribution in [-0.4, -0.2) is 41.5 Å². The van der Waals surface area contributed by atoms with Crippen LogP contribution in [0.3, 0.4) is 0 Å². The van der Waals surface area contributed by atoms with Gasteiger partial charge in [0.1, 0.15) is 0 Å². The molecular formula is C21H29F3N2. The Bertz CT molecular complexity index is 610. The maximum atomic E-state index is 13.4. The molecule has 0 radical (unpaired) electrons. The molecule has 0 bridgehead atoms. The second kappa shape index (κ2) is 7.51. The minimum Gasteiger partial charge on any atom is -0.298 e. The predicted molar refractivity (Wildman–Crippen MR) is 96.8 cm³/mol. The zero-order valence-electron chi connectivity index (χ0n) is 15.3. The van der Waals surface area contributed by atoms with Crippen LogP contribution < -0.4 is 0 Å². The maximum absolute atomic E-state index is 13.4. The zero-order chi connectivity index (χ0) is 18.1. The summed E-state index contributed by atoms with van der Waals surface area (Å²) in [5.74, 6) is 0.646. The Kier molecular flexibility index (Phi) is 5.29. The smallest absolute Gasteiger partial charge is 0.298 e. The van der Waals surface area contributed by atoms with Crippen LogP contribution in [0.15, 0.2) is 24.3 Å². The van der Waals surface area contributed by atoms with Crippen molar-refractivity contribution < 1.29 is 13.2 Å². The second-order valence-corrected chi connectivity index (χ2v) is 8.26. The molecule has 2 nitrogen and oxygen atoms in total. The van der Waals surface area contributed by atoms with Gasteiger partial charge in [-0.1, -0.05) is 37.5 Å². The van der Waals surface area contributed by atoms with E-state index in [9.17, 15) is 13.2 Å². The lowest BCUT2D eigenvalue weighted by atomic mass is 9.78. The Hall–Kier alpha value is -1.07. The average Bonchev–Trinajstić information content (AvgIpc) is 3.10. The van der Waals surface area contributed by atoms with E-state index in [2.05, 4.69) is 9.80 Å². The van der Waals surface area contributed by atoms with Crippen molar-refractivity contribution in [1.82, 2.24) is 9.80 Å². The number of alkyl halides is 3. The van der Waals surface area contributed by atoms with Gasteiger partial charge in [0.05, 0.1) is 5.56 Å². The molecule has 1 aromatic carbocycles. The molecule has 1 aromatic rings. The van der Waals surface area contributed by atoms with Crippen LogP contribution in [0.25, 0.3) is 0 Å². The highest BCUT2D eigenvalue weighted by Crippen LogP contribution is 2.39. The molecule has 2 atom stereocenters. The Labute approximate surface area is 154 Å². The highest BCUT2D eigenvalue weighted by atomic mass is 19.4. The van der Waals surface area contributed by atoms with Crippen LogP contribution in [0, 0.1) is 5.92 Å². The second-order valence-electron chi connectivity index (χ2n) is 8.26. The number of piperazine rings is 1. The van der Waals surface area contributed by atoms with E-state index >= 15 is 0 Å². The average molecular weight is 366 g/mol. The summed E-state index contributed by atoms with van der Waals surface area (Å²) in [5, 5.41) is 0. The fraction of sp³-hybridized carbons (Fsp3) is 0.714. The summed E-state index contributed by atoms with van der Waals surface area (Å²) in [5.41, 5.74) is -0.0245. The van der Waals surface area contributed by atoms with E-state index in [-0.39, 0.29) is 0 Å². The van der Waals surface area contributed by atoms with Crippen molar-refractivity contribution in [2.75, 3.05) is 19.6 Å². The Morgan fingerprint density at radius 1 is 0.885 bits per heavy atom. The number of fused-ring (bicyclic) bond motifs is 1. The number of nitrogens with zero attached hydrogens (tertiary/aromatic N) is 2. The number of benzene rings is 1. The van der Waals surface area contributed by atoms with Gasteiger partial charge in [-0.15, -0.1) is 0 Å². The molecule has 3 fully saturated rings. The molecular weight excluding hydrogens is 337 g/mol. The van der Waals surface area contributed by atoms with Gasteiger partial charge in [0, 0.05) is 31.7 Å². The van der Waals surface area contributed by atoms with Crippen molar-refractivity contribution in [2.24, 2.45) is 5.92 Å². The van der Waals surface area contributed by atoms with Gasteiger partial charge in [0.2, 0.25) is 0 Å². The summed E-state index contributed by atoms with van der Waals surface area (Å²) in [7, 11) is 0. The SMILES string of the molecule is FC(F)(F)c1ccccc1CN1CCN2CCCC2C1C1CCCCC1. The van der Waals surface area contributed by atoms with Crippen LogP contribution in [0.2, 0.25) is 0 Å². The molecule has 0 amide bonds. The summed E-state index contributed by atoms with van der Waals surface area (Å²) in [6.45, 7) is 3.49. The summed E-state index contributed by atoms with van der Waals surface area (Å²) >= 11 is 0. The van der Waals surface area contributed by atoms with Gasteiger partial charge in [-0.2, -0.15) is 13.2 Å². The molecule has 0 spiro atoms. The summed E-state index contributed by atoms with van der Waals surface area (Å²) < 4.78 is 40.3. The number of halogens is 3. The van der Waals surface area contributed by atoms with E-state index in [1.165, 1.54) is 63.6 Å². The molecule has 1 saturated carbocycles.